The Morgan fingerprint density at radius 1 is 0.846 bits per heavy atom. The van der Waals surface area contributed by atoms with Crippen LogP contribution in [0.5, 0.6) is 0 Å². The number of rotatable bonds is 17. The molecule has 0 radical (unpaired) electrons. The Labute approximate surface area is 159 Å². The fourth-order valence-corrected chi connectivity index (χ4v) is 3.03. The molecule has 0 rings (SSSR count). The summed E-state index contributed by atoms with van der Waals surface area (Å²) in [6, 6.07) is 0. The molecule has 0 aliphatic carbocycles. The molecule has 0 bridgehead atoms. The third-order valence-electron chi connectivity index (χ3n) is 4.68. The minimum absolute atomic E-state index is 0.306. The highest BCUT2D eigenvalue weighted by Crippen LogP contribution is 2.18. The summed E-state index contributed by atoms with van der Waals surface area (Å²) in [5.41, 5.74) is 1.44. The van der Waals surface area contributed by atoms with E-state index in [0.29, 0.717) is 6.42 Å². The van der Waals surface area contributed by atoms with E-state index < -0.39 is 11.9 Å². The lowest BCUT2D eigenvalue weighted by atomic mass is 9.96. The highest BCUT2D eigenvalue weighted by atomic mass is 16.4. The van der Waals surface area contributed by atoms with E-state index in [1.807, 2.05) is 0 Å². The fraction of sp³-hybridized carbons (Fsp3) is 0.727. The Hall–Kier alpha value is -1.58. The average Bonchev–Trinajstić information content (AvgIpc) is 2.57. The van der Waals surface area contributed by atoms with Gasteiger partial charge in [-0.15, -0.1) is 0 Å². The van der Waals surface area contributed by atoms with Crippen LogP contribution < -0.4 is 0 Å². The predicted octanol–water partition coefficient (Wildman–Crippen LogP) is 6.37. The first kappa shape index (κ1) is 24.4. The van der Waals surface area contributed by atoms with Crippen molar-refractivity contribution in [2.45, 2.75) is 97.3 Å². The average molecular weight is 367 g/mol. The summed E-state index contributed by atoms with van der Waals surface area (Å²) in [6.07, 6.45) is 18.8. The third-order valence-corrected chi connectivity index (χ3v) is 4.68. The van der Waals surface area contributed by atoms with Crippen LogP contribution in [-0.4, -0.2) is 22.2 Å². The standard InChI is InChI=1S/C22H38O4/c1-19(13-7-3-5-9-17-21(23)24)15-11-12-16-20(2)14-8-4-6-10-18-22(25)26/h9,15,17,20H,3-8,10-14,16,18H2,1-2H3,(H,23,24)(H,25,26)/b17-9+,19-15+. The molecular formula is C22H38O4. The van der Waals surface area contributed by atoms with Crippen molar-refractivity contribution in [2.75, 3.05) is 0 Å². The topological polar surface area (TPSA) is 74.6 Å². The summed E-state index contributed by atoms with van der Waals surface area (Å²) in [6.45, 7) is 4.51. The highest BCUT2D eigenvalue weighted by molar-refractivity contribution is 5.79. The SMILES string of the molecule is C/C(=C\CCCC(C)CCCCCCC(=O)O)CCCC/C=C/C(=O)O. The van der Waals surface area contributed by atoms with E-state index in [4.69, 9.17) is 10.2 Å². The molecule has 0 aliphatic rings. The van der Waals surface area contributed by atoms with Crippen LogP contribution in [0.15, 0.2) is 23.8 Å². The number of hydrogen-bond donors (Lipinski definition) is 2. The van der Waals surface area contributed by atoms with Gasteiger partial charge in [-0.05, 0) is 57.8 Å². The summed E-state index contributed by atoms with van der Waals surface area (Å²) in [7, 11) is 0. The Kier molecular flexibility index (Phi) is 15.8. The van der Waals surface area contributed by atoms with Crippen molar-refractivity contribution in [3.63, 3.8) is 0 Å². The number of carbonyl (C=O) groups is 2. The number of aliphatic carboxylic acids is 2. The van der Waals surface area contributed by atoms with Crippen molar-refractivity contribution in [3.05, 3.63) is 23.8 Å². The zero-order valence-corrected chi connectivity index (χ0v) is 16.7. The highest BCUT2D eigenvalue weighted by Gasteiger charge is 2.02. The van der Waals surface area contributed by atoms with E-state index in [2.05, 4.69) is 19.9 Å². The van der Waals surface area contributed by atoms with Crippen LogP contribution in [0.4, 0.5) is 0 Å². The van der Waals surface area contributed by atoms with Crippen LogP contribution in [0.3, 0.4) is 0 Å². The molecule has 150 valence electrons. The number of unbranched alkanes of at least 4 members (excludes halogenated alkanes) is 6. The maximum absolute atomic E-state index is 10.4. The second-order valence-corrected chi connectivity index (χ2v) is 7.42. The first-order chi connectivity index (χ1) is 12.4. The van der Waals surface area contributed by atoms with Gasteiger partial charge in [0.1, 0.15) is 0 Å². The van der Waals surface area contributed by atoms with Gasteiger partial charge in [-0.3, -0.25) is 4.79 Å². The van der Waals surface area contributed by atoms with Gasteiger partial charge < -0.3 is 10.2 Å². The molecule has 0 saturated heterocycles. The molecule has 26 heavy (non-hydrogen) atoms. The van der Waals surface area contributed by atoms with Crippen molar-refractivity contribution in [2.24, 2.45) is 5.92 Å². The molecule has 1 unspecified atom stereocenters. The molecule has 0 aliphatic heterocycles. The van der Waals surface area contributed by atoms with Gasteiger partial charge in [-0.1, -0.05) is 56.8 Å². The van der Waals surface area contributed by atoms with Crippen LogP contribution in [0, 0.1) is 5.92 Å². The molecule has 0 spiro atoms. The quantitative estimate of drug-likeness (QED) is 0.178. The van der Waals surface area contributed by atoms with Gasteiger partial charge in [0.25, 0.3) is 0 Å². The maximum atomic E-state index is 10.4. The summed E-state index contributed by atoms with van der Waals surface area (Å²) in [5, 5.41) is 17.1. The molecule has 0 aromatic carbocycles. The lowest BCUT2D eigenvalue weighted by Gasteiger charge is -2.10. The normalized spacial score (nSPS) is 13.2. The van der Waals surface area contributed by atoms with E-state index in [9.17, 15) is 9.59 Å². The number of carboxylic acid groups (broad SMARTS) is 2. The number of allylic oxidation sites excluding steroid dienone is 3. The zero-order valence-electron chi connectivity index (χ0n) is 16.7. The van der Waals surface area contributed by atoms with Gasteiger partial charge in [0, 0.05) is 12.5 Å². The predicted molar refractivity (Wildman–Crippen MR) is 107 cm³/mol. The Bertz CT molecular complexity index is 437. The van der Waals surface area contributed by atoms with Crippen molar-refractivity contribution in [1.29, 1.82) is 0 Å². The minimum atomic E-state index is -0.867. The lowest BCUT2D eigenvalue weighted by Crippen LogP contribution is -1.96. The lowest BCUT2D eigenvalue weighted by molar-refractivity contribution is -0.137. The first-order valence-corrected chi connectivity index (χ1v) is 10.2. The van der Waals surface area contributed by atoms with E-state index in [1.54, 1.807) is 6.08 Å². The molecule has 0 amide bonds. The summed E-state index contributed by atoms with van der Waals surface area (Å²) >= 11 is 0. The van der Waals surface area contributed by atoms with Gasteiger partial charge in [-0.25, -0.2) is 4.79 Å². The van der Waals surface area contributed by atoms with E-state index in [-0.39, 0.29) is 0 Å². The number of carboxylic acids is 2. The van der Waals surface area contributed by atoms with Gasteiger partial charge in [0.15, 0.2) is 0 Å². The molecule has 0 aromatic heterocycles. The first-order valence-electron chi connectivity index (χ1n) is 10.2. The summed E-state index contributed by atoms with van der Waals surface area (Å²) in [5.74, 6) is -0.797. The summed E-state index contributed by atoms with van der Waals surface area (Å²) in [4.78, 5) is 20.8. The molecule has 2 N–H and O–H groups in total. The fourth-order valence-electron chi connectivity index (χ4n) is 3.03. The van der Waals surface area contributed by atoms with Crippen LogP contribution in [0.25, 0.3) is 0 Å². The van der Waals surface area contributed by atoms with Crippen molar-refractivity contribution in [3.8, 4) is 0 Å². The summed E-state index contributed by atoms with van der Waals surface area (Å²) < 4.78 is 0. The van der Waals surface area contributed by atoms with Gasteiger partial charge >= 0.3 is 11.9 Å². The Morgan fingerprint density at radius 3 is 2.19 bits per heavy atom. The molecule has 1 atom stereocenters. The molecule has 4 nitrogen and oxygen atoms in total. The van der Waals surface area contributed by atoms with Gasteiger partial charge in [0.05, 0.1) is 0 Å². The van der Waals surface area contributed by atoms with Crippen molar-refractivity contribution < 1.29 is 19.8 Å². The molecule has 0 fully saturated rings. The van der Waals surface area contributed by atoms with Crippen LogP contribution in [0.1, 0.15) is 97.3 Å². The minimum Gasteiger partial charge on any atom is -0.481 e. The maximum Gasteiger partial charge on any atom is 0.327 e. The molecule has 0 saturated carbocycles. The molecule has 4 heteroatoms. The number of hydrogen-bond acceptors (Lipinski definition) is 2. The van der Waals surface area contributed by atoms with Gasteiger partial charge in [0.2, 0.25) is 0 Å². The second-order valence-electron chi connectivity index (χ2n) is 7.42. The van der Waals surface area contributed by atoms with Crippen molar-refractivity contribution >= 4 is 11.9 Å². The molecule has 0 heterocycles. The monoisotopic (exact) mass is 366 g/mol. The van der Waals surface area contributed by atoms with Crippen LogP contribution in [0.2, 0.25) is 0 Å². The van der Waals surface area contributed by atoms with Gasteiger partial charge in [-0.2, -0.15) is 0 Å². The van der Waals surface area contributed by atoms with Crippen molar-refractivity contribution in [1.82, 2.24) is 0 Å². The largest absolute Gasteiger partial charge is 0.481 e. The molecular weight excluding hydrogens is 328 g/mol. The van der Waals surface area contributed by atoms with Crippen LogP contribution in [-0.2, 0) is 9.59 Å². The smallest absolute Gasteiger partial charge is 0.327 e. The van der Waals surface area contributed by atoms with Crippen LogP contribution >= 0.6 is 0 Å². The second kappa shape index (κ2) is 16.9. The molecule has 0 aromatic rings. The van der Waals surface area contributed by atoms with E-state index >= 15 is 0 Å². The third kappa shape index (κ3) is 18.8. The Balaban J connectivity index is 3.53. The Morgan fingerprint density at radius 2 is 1.50 bits per heavy atom. The van der Waals surface area contributed by atoms with E-state index in [0.717, 1.165) is 57.3 Å². The zero-order chi connectivity index (χ0) is 19.6. The van der Waals surface area contributed by atoms with E-state index in [1.165, 1.54) is 37.3 Å².